The third-order valence-electron chi connectivity index (χ3n) is 4.07. The van der Waals surface area contributed by atoms with Gasteiger partial charge in [0.1, 0.15) is 11.4 Å². The molecule has 1 aliphatic heterocycles. The number of carbonyl (C=O) groups excluding carboxylic acids is 1. The third kappa shape index (κ3) is 3.03. The van der Waals surface area contributed by atoms with E-state index in [0.717, 1.165) is 24.2 Å². The number of methoxy groups -OCH3 is 1. The van der Waals surface area contributed by atoms with Crippen molar-refractivity contribution >= 4 is 5.91 Å². The molecule has 0 aliphatic carbocycles. The van der Waals surface area contributed by atoms with Gasteiger partial charge in [-0.25, -0.2) is 0 Å². The highest BCUT2D eigenvalue weighted by Gasteiger charge is 2.42. The smallest absolute Gasteiger partial charge is 0.298 e. The van der Waals surface area contributed by atoms with Crippen molar-refractivity contribution in [3.63, 3.8) is 0 Å². The molecule has 0 aromatic heterocycles. The highest BCUT2D eigenvalue weighted by atomic mass is 16.5. The minimum atomic E-state index is -1.10. The molecule has 1 saturated heterocycles. The third-order valence-corrected chi connectivity index (χ3v) is 4.07. The van der Waals surface area contributed by atoms with E-state index in [1.54, 1.807) is 25.9 Å². The Morgan fingerprint density at radius 1 is 1.43 bits per heavy atom. The van der Waals surface area contributed by atoms with Crippen LogP contribution in [-0.2, 0) is 10.4 Å². The maximum Gasteiger partial charge on any atom is 0.298 e. The first kappa shape index (κ1) is 15.4. The van der Waals surface area contributed by atoms with Crippen LogP contribution in [0.25, 0.3) is 0 Å². The van der Waals surface area contributed by atoms with Crippen LogP contribution in [0.2, 0.25) is 0 Å². The van der Waals surface area contributed by atoms with Crippen LogP contribution in [0.4, 0.5) is 0 Å². The van der Waals surface area contributed by atoms with E-state index in [1.165, 1.54) is 0 Å². The fraction of sp³-hybridized carbons (Fsp3) is 0.471. The molecular formula is C17H21NO3. The van der Waals surface area contributed by atoms with Crippen molar-refractivity contribution in [3.8, 4) is 17.6 Å². The maximum absolute atomic E-state index is 12.1. The summed E-state index contributed by atoms with van der Waals surface area (Å²) in [5.74, 6) is 5.72. The zero-order chi connectivity index (χ0) is 15.5. The fourth-order valence-corrected chi connectivity index (χ4v) is 2.89. The minimum absolute atomic E-state index is 0.214. The van der Waals surface area contributed by atoms with E-state index in [1.807, 2.05) is 24.3 Å². The Labute approximate surface area is 125 Å². The molecule has 21 heavy (non-hydrogen) atoms. The number of nitrogens with zero attached hydrogens (tertiary/aromatic N) is 1. The SMILES string of the molecule is CC#CC(=O)N1CCC[C@H]1[C@](C)(O)c1ccc(OC)cc1. The molecule has 0 spiro atoms. The molecule has 0 saturated carbocycles. The second-order valence-electron chi connectivity index (χ2n) is 5.41. The second-order valence-corrected chi connectivity index (χ2v) is 5.41. The second kappa shape index (κ2) is 6.19. The van der Waals surface area contributed by atoms with Crippen LogP contribution in [0.3, 0.4) is 0 Å². The predicted octanol–water partition coefficient (Wildman–Crippen LogP) is 1.92. The van der Waals surface area contributed by atoms with Crippen molar-refractivity contribution in [1.29, 1.82) is 0 Å². The van der Waals surface area contributed by atoms with Gasteiger partial charge >= 0.3 is 0 Å². The van der Waals surface area contributed by atoms with Crippen LogP contribution in [0.5, 0.6) is 5.75 Å². The minimum Gasteiger partial charge on any atom is -0.497 e. The lowest BCUT2D eigenvalue weighted by molar-refractivity contribution is -0.131. The van der Waals surface area contributed by atoms with E-state index in [-0.39, 0.29) is 11.9 Å². The van der Waals surface area contributed by atoms with Gasteiger partial charge in [-0.15, -0.1) is 0 Å². The van der Waals surface area contributed by atoms with E-state index < -0.39 is 5.60 Å². The fourth-order valence-electron chi connectivity index (χ4n) is 2.89. The molecule has 1 aromatic carbocycles. The first-order chi connectivity index (χ1) is 10.0. The highest BCUT2D eigenvalue weighted by Crippen LogP contribution is 2.35. The van der Waals surface area contributed by atoms with Crippen molar-refractivity contribution in [3.05, 3.63) is 29.8 Å². The van der Waals surface area contributed by atoms with Crippen LogP contribution in [0.1, 0.15) is 32.3 Å². The zero-order valence-electron chi connectivity index (χ0n) is 12.7. The Kier molecular flexibility index (Phi) is 4.54. The van der Waals surface area contributed by atoms with Crippen LogP contribution < -0.4 is 4.74 Å². The maximum atomic E-state index is 12.1. The molecule has 2 rings (SSSR count). The molecule has 0 radical (unpaired) electrons. The van der Waals surface area contributed by atoms with Gasteiger partial charge in [-0.05, 0) is 50.3 Å². The highest BCUT2D eigenvalue weighted by molar-refractivity contribution is 5.94. The van der Waals surface area contributed by atoms with Crippen LogP contribution in [0.15, 0.2) is 24.3 Å². The summed E-state index contributed by atoms with van der Waals surface area (Å²) in [4.78, 5) is 13.7. The van der Waals surface area contributed by atoms with E-state index >= 15 is 0 Å². The molecule has 0 bridgehead atoms. The molecule has 1 heterocycles. The monoisotopic (exact) mass is 287 g/mol. The van der Waals surface area contributed by atoms with Crippen molar-refractivity contribution in [2.75, 3.05) is 13.7 Å². The summed E-state index contributed by atoms with van der Waals surface area (Å²) < 4.78 is 5.13. The van der Waals surface area contributed by atoms with Crippen molar-refractivity contribution in [2.24, 2.45) is 0 Å². The molecule has 112 valence electrons. The number of carbonyl (C=O) groups is 1. The average molecular weight is 287 g/mol. The van der Waals surface area contributed by atoms with Crippen LogP contribution in [-0.4, -0.2) is 35.6 Å². The molecule has 2 atom stereocenters. The standard InChI is InChI=1S/C17H21NO3/c1-4-6-16(19)18-12-5-7-15(18)17(2,20)13-8-10-14(21-3)11-9-13/h8-11,15,20H,5,7,12H2,1-3H3/t15-,17+/m0/s1. The van der Waals surface area contributed by atoms with E-state index in [9.17, 15) is 9.90 Å². The molecule has 1 aromatic rings. The number of amides is 1. The van der Waals surface area contributed by atoms with Crippen LogP contribution in [0, 0.1) is 11.8 Å². The van der Waals surface area contributed by atoms with Gasteiger partial charge in [0.05, 0.1) is 13.2 Å². The lowest BCUT2D eigenvalue weighted by Gasteiger charge is -2.36. The van der Waals surface area contributed by atoms with Crippen molar-refractivity contribution in [1.82, 2.24) is 4.90 Å². The summed E-state index contributed by atoms with van der Waals surface area (Å²) in [5.41, 5.74) is -0.328. The number of hydrogen-bond acceptors (Lipinski definition) is 3. The van der Waals surface area contributed by atoms with E-state index in [2.05, 4.69) is 11.8 Å². The largest absolute Gasteiger partial charge is 0.497 e. The average Bonchev–Trinajstić information content (AvgIpc) is 2.98. The van der Waals surface area contributed by atoms with E-state index in [4.69, 9.17) is 4.74 Å². The lowest BCUT2D eigenvalue weighted by atomic mass is 9.86. The van der Waals surface area contributed by atoms with Crippen molar-refractivity contribution in [2.45, 2.75) is 38.3 Å². The Hall–Kier alpha value is -1.99. The van der Waals surface area contributed by atoms with Gasteiger partial charge in [0.15, 0.2) is 0 Å². The zero-order valence-corrected chi connectivity index (χ0v) is 12.7. The van der Waals surface area contributed by atoms with Gasteiger partial charge in [0.2, 0.25) is 0 Å². The van der Waals surface area contributed by atoms with Gasteiger partial charge in [0.25, 0.3) is 5.91 Å². The molecule has 1 fully saturated rings. The molecule has 0 unspecified atom stereocenters. The summed E-state index contributed by atoms with van der Waals surface area (Å²) in [6, 6.07) is 7.06. The van der Waals surface area contributed by atoms with Gasteiger partial charge in [-0.2, -0.15) is 0 Å². The molecular weight excluding hydrogens is 266 g/mol. The summed E-state index contributed by atoms with van der Waals surface area (Å²) in [5, 5.41) is 11.0. The van der Waals surface area contributed by atoms with Crippen molar-refractivity contribution < 1.29 is 14.6 Å². The number of hydrogen-bond donors (Lipinski definition) is 1. The first-order valence-corrected chi connectivity index (χ1v) is 7.11. The summed E-state index contributed by atoms with van der Waals surface area (Å²) in [6.07, 6.45) is 1.66. The number of aliphatic hydroxyl groups is 1. The first-order valence-electron chi connectivity index (χ1n) is 7.11. The van der Waals surface area contributed by atoms with Gasteiger partial charge in [0, 0.05) is 6.54 Å². The van der Waals surface area contributed by atoms with Gasteiger partial charge in [-0.1, -0.05) is 18.1 Å². The number of likely N-dealkylation sites (tertiary alicyclic amines) is 1. The predicted molar refractivity (Wildman–Crippen MR) is 80.7 cm³/mol. The van der Waals surface area contributed by atoms with Crippen LogP contribution >= 0.6 is 0 Å². The molecule has 4 nitrogen and oxygen atoms in total. The number of benzene rings is 1. The lowest BCUT2D eigenvalue weighted by Crippen LogP contribution is -2.47. The summed E-state index contributed by atoms with van der Waals surface area (Å²) in [6.45, 7) is 4.04. The Bertz CT molecular complexity index is 566. The number of rotatable bonds is 3. The number of ether oxygens (including phenoxy) is 1. The Balaban J connectivity index is 2.27. The molecule has 1 aliphatic rings. The Morgan fingerprint density at radius 3 is 2.67 bits per heavy atom. The topological polar surface area (TPSA) is 49.8 Å². The Morgan fingerprint density at radius 2 is 2.10 bits per heavy atom. The van der Waals surface area contributed by atoms with Gasteiger partial charge < -0.3 is 14.7 Å². The summed E-state index contributed by atoms with van der Waals surface area (Å²) >= 11 is 0. The van der Waals surface area contributed by atoms with Gasteiger partial charge in [-0.3, -0.25) is 4.79 Å². The normalized spacial score (nSPS) is 20.4. The molecule has 1 N–H and O–H groups in total. The van der Waals surface area contributed by atoms with E-state index in [0.29, 0.717) is 6.54 Å². The quantitative estimate of drug-likeness (QED) is 0.864. The molecule has 4 heteroatoms. The molecule has 1 amide bonds. The summed E-state index contributed by atoms with van der Waals surface area (Å²) in [7, 11) is 1.61.